The van der Waals surface area contributed by atoms with Gasteiger partial charge in [-0.1, -0.05) is 42.5 Å². The van der Waals surface area contributed by atoms with Gasteiger partial charge in [0.2, 0.25) is 11.9 Å². The van der Waals surface area contributed by atoms with Crippen LogP contribution in [-0.2, 0) is 16.4 Å². The smallest absolute Gasteiger partial charge is 0.258 e. The van der Waals surface area contributed by atoms with E-state index in [4.69, 9.17) is 0 Å². The largest absolute Gasteiger partial charge is 0.352 e. The van der Waals surface area contributed by atoms with E-state index in [1.807, 2.05) is 80.1 Å². The summed E-state index contributed by atoms with van der Waals surface area (Å²) in [5.41, 5.74) is 4.17. The van der Waals surface area contributed by atoms with Gasteiger partial charge in [-0.25, -0.2) is 9.37 Å². The Morgan fingerprint density at radius 2 is 1.86 bits per heavy atom. The van der Waals surface area contributed by atoms with Crippen LogP contribution in [0.15, 0.2) is 71.5 Å². The van der Waals surface area contributed by atoms with E-state index in [2.05, 4.69) is 20.6 Å². The molecule has 8 nitrogen and oxygen atoms in total. The highest BCUT2D eigenvalue weighted by atomic mass is 31.2. The molecule has 0 spiro atoms. The number of anilines is 2. The zero-order valence-electron chi connectivity index (χ0n) is 25.0. The predicted octanol–water partition coefficient (Wildman–Crippen LogP) is 6.14. The molecule has 3 aromatic carbocycles. The maximum atomic E-state index is 13.6. The Labute approximate surface area is 254 Å². The second-order valence-corrected chi connectivity index (χ2v) is 14.7. The van der Waals surface area contributed by atoms with Crippen molar-refractivity contribution >= 4 is 57.9 Å². The highest BCUT2D eigenvalue weighted by Crippen LogP contribution is 2.50. The van der Waals surface area contributed by atoms with Gasteiger partial charge in [0.15, 0.2) is 0 Å². The Balaban J connectivity index is 1.15. The molecule has 0 bridgehead atoms. The average Bonchev–Trinajstić information content (AvgIpc) is 3.34. The SMILES string of the molecule is Cc1cc(F)ccc1Nc1nc2ccc3c(C)c(/C=C\CNC(=O)C4CCP(=O)(c5ccccc5)CC4)[nH]c(=O)c3c2n1C. The second kappa shape index (κ2) is 11.9. The van der Waals surface area contributed by atoms with Crippen LogP contribution in [0.25, 0.3) is 27.9 Å². The number of benzene rings is 3. The lowest BCUT2D eigenvalue weighted by molar-refractivity contribution is -0.125. The van der Waals surface area contributed by atoms with Gasteiger partial charge in [0.25, 0.3) is 5.56 Å². The number of nitrogens with zero attached hydrogens (tertiary/aromatic N) is 2. The fraction of sp³-hybridized carbons (Fsp3) is 0.265. The molecule has 2 aromatic heterocycles. The number of rotatable bonds is 7. The number of aromatic amines is 1. The predicted molar refractivity (Wildman–Crippen MR) is 176 cm³/mol. The summed E-state index contributed by atoms with van der Waals surface area (Å²) < 4.78 is 28.8. The van der Waals surface area contributed by atoms with Gasteiger partial charge < -0.3 is 24.7 Å². The van der Waals surface area contributed by atoms with E-state index in [-0.39, 0.29) is 23.2 Å². The van der Waals surface area contributed by atoms with Gasteiger partial charge in [-0.15, -0.1) is 0 Å². The third kappa shape index (κ3) is 5.60. The van der Waals surface area contributed by atoms with E-state index in [1.165, 1.54) is 12.1 Å². The Bertz CT molecular complexity index is 2020. The van der Waals surface area contributed by atoms with E-state index >= 15 is 0 Å². The molecule has 1 aliphatic heterocycles. The number of H-pyrrole nitrogens is 1. The summed E-state index contributed by atoms with van der Waals surface area (Å²) in [5.74, 6) is 0.0551. The van der Waals surface area contributed by atoms with E-state index in [1.54, 1.807) is 6.07 Å². The van der Waals surface area contributed by atoms with Crippen molar-refractivity contribution in [3.8, 4) is 0 Å². The standard InChI is InChI=1S/C34H35FN5O3P/c1-21-20-24(35)11-13-27(21)38-34-39-29-14-12-26-22(2)28(37-33(42)30(26)31(29)40(34)3)10-7-17-36-32(41)23-15-18-44(43,19-16-23)25-8-5-4-6-9-25/h4-14,20,23H,15-19H2,1-3H3,(H,36,41)(H,37,42)(H,38,39)/b10-7-. The first kappa shape index (κ1) is 29.6. The normalized spacial score (nSPS) is 18.7. The molecule has 0 radical (unpaired) electrons. The van der Waals surface area contributed by atoms with Crippen molar-refractivity contribution in [2.24, 2.45) is 13.0 Å². The fourth-order valence-electron chi connectivity index (χ4n) is 6.12. The first-order valence-corrected chi connectivity index (χ1v) is 16.9. The van der Waals surface area contributed by atoms with Gasteiger partial charge in [0.05, 0.1) is 16.4 Å². The van der Waals surface area contributed by atoms with Gasteiger partial charge >= 0.3 is 0 Å². The Kier molecular flexibility index (Phi) is 7.99. The number of carbonyl (C=O) groups excluding carboxylic acids is 1. The molecule has 0 atom stereocenters. The summed E-state index contributed by atoms with van der Waals surface area (Å²) in [4.78, 5) is 33.9. The average molecular weight is 612 g/mol. The molecule has 1 fully saturated rings. The monoisotopic (exact) mass is 611 g/mol. The highest BCUT2D eigenvalue weighted by molar-refractivity contribution is 7.71. The topological polar surface area (TPSA) is 109 Å². The fourth-order valence-corrected chi connectivity index (χ4v) is 9.04. The van der Waals surface area contributed by atoms with E-state index in [0.717, 1.165) is 27.5 Å². The summed E-state index contributed by atoms with van der Waals surface area (Å²) in [5, 5.41) is 8.48. The molecule has 6 rings (SSSR count). The van der Waals surface area contributed by atoms with Crippen LogP contribution < -0.4 is 21.5 Å². The summed E-state index contributed by atoms with van der Waals surface area (Å²) in [6, 6.07) is 17.9. The number of imidazole rings is 1. The molecule has 44 heavy (non-hydrogen) atoms. The van der Waals surface area contributed by atoms with Gasteiger partial charge in [-0.05, 0) is 73.5 Å². The van der Waals surface area contributed by atoms with Crippen molar-refractivity contribution < 1.29 is 13.8 Å². The van der Waals surface area contributed by atoms with Crippen LogP contribution >= 0.6 is 7.14 Å². The zero-order valence-corrected chi connectivity index (χ0v) is 25.9. The van der Waals surface area contributed by atoms with Crippen LogP contribution in [0, 0.1) is 25.6 Å². The molecule has 1 aliphatic rings. The van der Waals surface area contributed by atoms with Crippen molar-refractivity contribution in [3.05, 3.63) is 99.7 Å². The number of aromatic nitrogens is 3. The molecule has 5 aromatic rings. The number of fused-ring (bicyclic) bond motifs is 3. The molecular formula is C34H35FN5O3P. The summed E-state index contributed by atoms with van der Waals surface area (Å²) in [6.45, 7) is 4.09. The minimum absolute atomic E-state index is 0.0310. The number of hydrogen-bond acceptors (Lipinski definition) is 5. The Morgan fingerprint density at radius 3 is 2.59 bits per heavy atom. The number of amides is 1. The molecule has 3 heterocycles. The maximum absolute atomic E-state index is 13.6. The third-order valence-electron chi connectivity index (χ3n) is 8.71. The maximum Gasteiger partial charge on any atom is 0.258 e. The summed E-state index contributed by atoms with van der Waals surface area (Å²) >= 11 is 0. The summed E-state index contributed by atoms with van der Waals surface area (Å²) in [7, 11) is -0.590. The number of hydrogen-bond donors (Lipinski definition) is 3. The number of aryl methyl sites for hydroxylation is 3. The van der Waals surface area contributed by atoms with E-state index < -0.39 is 7.14 Å². The van der Waals surface area contributed by atoms with Crippen LogP contribution in [0.4, 0.5) is 16.0 Å². The molecule has 10 heteroatoms. The first-order chi connectivity index (χ1) is 21.1. The van der Waals surface area contributed by atoms with Crippen LogP contribution in [0.3, 0.4) is 0 Å². The molecule has 3 N–H and O–H groups in total. The van der Waals surface area contributed by atoms with Crippen molar-refractivity contribution in [2.45, 2.75) is 26.7 Å². The lowest BCUT2D eigenvalue weighted by Gasteiger charge is -2.28. The lowest BCUT2D eigenvalue weighted by atomic mass is 10.0. The molecule has 0 saturated carbocycles. The van der Waals surface area contributed by atoms with Gasteiger partial charge in [-0.2, -0.15) is 0 Å². The number of nitrogens with one attached hydrogen (secondary N) is 3. The summed E-state index contributed by atoms with van der Waals surface area (Å²) in [6.07, 6.45) is 5.98. The van der Waals surface area contributed by atoms with Gasteiger partial charge in [0, 0.05) is 48.5 Å². The molecule has 1 amide bonds. The van der Waals surface area contributed by atoms with Crippen molar-refractivity contribution in [1.82, 2.24) is 19.9 Å². The number of halogens is 1. The van der Waals surface area contributed by atoms with Crippen LogP contribution in [0.5, 0.6) is 0 Å². The zero-order chi connectivity index (χ0) is 31.0. The van der Waals surface area contributed by atoms with Crippen LogP contribution in [0.1, 0.15) is 29.7 Å². The molecule has 226 valence electrons. The number of pyridine rings is 1. The first-order valence-electron chi connectivity index (χ1n) is 14.8. The molecular weight excluding hydrogens is 576 g/mol. The third-order valence-corrected chi connectivity index (χ3v) is 11.9. The van der Waals surface area contributed by atoms with Crippen LogP contribution in [0.2, 0.25) is 0 Å². The van der Waals surface area contributed by atoms with E-state index in [0.29, 0.717) is 59.8 Å². The van der Waals surface area contributed by atoms with Gasteiger partial charge in [0.1, 0.15) is 13.0 Å². The second-order valence-electron chi connectivity index (χ2n) is 11.5. The lowest BCUT2D eigenvalue weighted by Crippen LogP contribution is -2.34. The molecule has 0 unspecified atom stereocenters. The molecule has 1 saturated heterocycles. The molecule has 0 aliphatic carbocycles. The van der Waals surface area contributed by atoms with E-state index in [9.17, 15) is 18.5 Å². The van der Waals surface area contributed by atoms with Crippen molar-refractivity contribution in [1.29, 1.82) is 0 Å². The minimum Gasteiger partial charge on any atom is -0.352 e. The van der Waals surface area contributed by atoms with Gasteiger partial charge in [-0.3, -0.25) is 9.59 Å². The number of carbonyl (C=O) groups is 1. The van der Waals surface area contributed by atoms with Crippen LogP contribution in [-0.4, -0.2) is 39.3 Å². The Hall–Kier alpha value is -4.49. The van der Waals surface area contributed by atoms with Crippen molar-refractivity contribution in [2.75, 3.05) is 24.2 Å². The Morgan fingerprint density at radius 1 is 1.11 bits per heavy atom. The highest BCUT2D eigenvalue weighted by Gasteiger charge is 2.34. The quantitative estimate of drug-likeness (QED) is 0.192. The van der Waals surface area contributed by atoms with Crippen molar-refractivity contribution in [3.63, 3.8) is 0 Å². The minimum atomic E-state index is -2.43.